The van der Waals surface area contributed by atoms with E-state index in [1.54, 1.807) is 12.1 Å². The highest BCUT2D eigenvalue weighted by molar-refractivity contribution is 7.92. The maximum atomic E-state index is 13.8. The van der Waals surface area contributed by atoms with Crippen LogP contribution in [0.2, 0.25) is 0 Å². The van der Waals surface area contributed by atoms with E-state index in [0.717, 1.165) is 49.3 Å². The van der Waals surface area contributed by atoms with Gasteiger partial charge in [0.15, 0.2) is 0 Å². The Kier molecular flexibility index (Phi) is 14.1. The number of halogens is 2. The van der Waals surface area contributed by atoms with E-state index in [1.807, 2.05) is 12.1 Å². The first-order chi connectivity index (χ1) is 32.1. The standard InChI is InChI=1S/C48H52F2N4O11S2/c1-51-47(55)43-37-25-35(29-5-6-29)39(27-41(37)64-45(43)31-9-13-33(49)14-10-31)53(66(3,57)58)17-19-61-21-23-63-24-22-62-20-18-54(67(4,59)60)40-28-42-38(26-36(40)30-7-8-30)44(48(56)52-2)46(65-42)32-11-15-34(50)16-12-32/h9-16,25-30H,5-8,17-24H2,1-4H3,(H,51,55)(H,52,56). The van der Waals surface area contributed by atoms with Crippen LogP contribution in [0.3, 0.4) is 0 Å². The minimum Gasteiger partial charge on any atom is -0.455 e. The number of carbonyl (C=O) groups is 2. The van der Waals surface area contributed by atoms with E-state index in [4.69, 9.17) is 23.0 Å². The predicted molar refractivity (Wildman–Crippen MR) is 251 cm³/mol. The fourth-order valence-corrected chi connectivity index (χ4v) is 10.1. The van der Waals surface area contributed by atoms with Crippen LogP contribution in [-0.4, -0.2) is 108 Å². The average molecular weight is 963 g/mol. The summed E-state index contributed by atoms with van der Waals surface area (Å²) >= 11 is 0. The monoisotopic (exact) mass is 962 g/mol. The molecule has 2 aliphatic rings. The van der Waals surface area contributed by atoms with E-state index in [9.17, 15) is 35.2 Å². The lowest BCUT2D eigenvalue weighted by atomic mass is 10.0. The first-order valence-electron chi connectivity index (χ1n) is 21.9. The van der Waals surface area contributed by atoms with Crippen molar-refractivity contribution in [2.24, 2.45) is 0 Å². The van der Waals surface area contributed by atoms with Crippen molar-refractivity contribution in [1.29, 1.82) is 0 Å². The van der Waals surface area contributed by atoms with Gasteiger partial charge < -0.3 is 33.7 Å². The zero-order chi connectivity index (χ0) is 47.6. The molecule has 6 aromatic rings. The lowest BCUT2D eigenvalue weighted by Crippen LogP contribution is -2.34. The van der Waals surface area contributed by atoms with Gasteiger partial charge in [-0.15, -0.1) is 0 Å². The third-order valence-electron chi connectivity index (χ3n) is 11.8. The Morgan fingerprint density at radius 1 is 0.582 bits per heavy atom. The molecule has 2 aromatic heterocycles. The molecule has 0 spiro atoms. The summed E-state index contributed by atoms with van der Waals surface area (Å²) in [5, 5.41) is 6.35. The first kappa shape index (κ1) is 47.6. The molecule has 2 saturated carbocycles. The number of amides is 2. The van der Waals surface area contributed by atoms with Gasteiger partial charge in [0.2, 0.25) is 20.0 Å². The summed E-state index contributed by atoms with van der Waals surface area (Å²) in [7, 11) is -4.59. The molecular formula is C48H52F2N4O11S2. The number of fused-ring (bicyclic) bond motifs is 2. The average Bonchev–Trinajstić information content (AvgIpc) is 4.24. The lowest BCUT2D eigenvalue weighted by molar-refractivity contribution is 0.0177. The Labute approximate surface area is 387 Å². The summed E-state index contributed by atoms with van der Waals surface area (Å²) in [6.45, 7) is 0.778. The first-order valence-corrected chi connectivity index (χ1v) is 25.6. The molecular weight excluding hydrogens is 911 g/mol. The molecule has 0 unspecified atom stereocenters. The van der Waals surface area contributed by atoms with Crippen LogP contribution in [0.1, 0.15) is 69.4 Å². The number of rotatable bonds is 22. The maximum absolute atomic E-state index is 13.8. The highest BCUT2D eigenvalue weighted by atomic mass is 32.2. The predicted octanol–water partition coefficient (Wildman–Crippen LogP) is 7.55. The van der Waals surface area contributed by atoms with Gasteiger partial charge >= 0.3 is 0 Å². The van der Waals surface area contributed by atoms with Crippen molar-refractivity contribution in [2.75, 3.05) is 87.9 Å². The highest BCUT2D eigenvalue weighted by Crippen LogP contribution is 2.49. The van der Waals surface area contributed by atoms with E-state index in [0.29, 0.717) is 44.4 Å². The van der Waals surface area contributed by atoms with Crippen LogP contribution in [0.4, 0.5) is 20.2 Å². The van der Waals surface area contributed by atoms with Gasteiger partial charge in [-0.2, -0.15) is 0 Å². The van der Waals surface area contributed by atoms with Crippen LogP contribution in [0.25, 0.3) is 44.6 Å². The van der Waals surface area contributed by atoms with E-state index in [1.165, 1.54) is 71.2 Å². The van der Waals surface area contributed by atoms with Gasteiger partial charge in [-0.1, -0.05) is 0 Å². The molecule has 0 radical (unpaired) electrons. The molecule has 2 fully saturated rings. The number of benzene rings is 4. The Balaban J connectivity index is 0.865. The molecule has 0 aliphatic heterocycles. The second-order valence-corrected chi connectivity index (χ2v) is 20.5. The summed E-state index contributed by atoms with van der Waals surface area (Å²) in [6, 6.07) is 18.1. The van der Waals surface area contributed by atoms with Crippen molar-refractivity contribution in [1.82, 2.24) is 10.6 Å². The SMILES string of the molecule is CNC(=O)c1c(-c2ccc(F)cc2)oc2cc(N(CCOCCOCCOCCN(c3cc4oc(-c5ccc(F)cc5)c(C(=O)NC)c4cc3C3CC3)S(C)(=O)=O)S(C)(=O)=O)c(C3CC3)cc12. The molecule has 356 valence electrons. The molecule has 2 aliphatic carbocycles. The van der Waals surface area contributed by atoms with Crippen molar-refractivity contribution < 1.29 is 58.3 Å². The fraction of sp³-hybridized carbons (Fsp3) is 0.375. The van der Waals surface area contributed by atoms with E-state index >= 15 is 0 Å². The van der Waals surface area contributed by atoms with Gasteiger partial charge in [0.25, 0.3) is 11.8 Å². The number of sulfonamides is 2. The molecule has 0 saturated heterocycles. The van der Waals surface area contributed by atoms with Gasteiger partial charge in [0.1, 0.15) is 34.3 Å². The van der Waals surface area contributed by atoms with Crippen LogP contribution in [-0.2, 0) is 34.3 Å². The van der Waals surface area contributed by atoms with Crippen molar-refractivity contribution in [3.05, 3.63) is 107 Å². The number of nitrogens with one attached hydrogen (secondary N) is 2. The minimum atomic E-state index is -3.80. The molecule has 0 atom stereocenters. The smallest absolute Gasteiger partial charge is 0.255 e. The number of furan rings is 2. The third-order valence-corrected chi connectivity index (χ3v) is 14.1. The number of ether oxygens (including phenoxy) is 3. The van der Waals surface area contributed by atoms with Gasteiger partial charge in [0, 0.05) is 48.1 Å². The van der Waals surface area contributed by atoms with Crippen LogP contribution in [0.5, 0.6) is 0 Å². The molecule has 15 nitrogen and oxygen atoms in total. The molecule has 19 heteroatoms. The molecule has 67 heavy (non-hydrogen) atoms. The van der Waals surface area contributed by atoms with Gasteiger partial charge in [-0.3, -0.25) is 18.2 Å². The van der Waals surface area contributed by atoms with Crippen LogP contribution >= 0.6 is 0 Å². The Morgan fingerprint density at radius 3 is 1.24 bits per heavy atom. The van der Waals surface area contributed by atoms with E-state index in [-0.39, 0.29) is 87.2 Å². The molecule has 2 N–H and O–H groups in total. The quantitative estimate of drug-likeness (QED) is 0.0640. The fourth-order valence-electron chi connectivity index (χ4n) is 8.25. The summed E-state index contributed by atoms with van der Waals surface area (Å²) in [6.07, 6.45) is 5.66. The second kappa shape index (κ2) is 19.8. The zero-order valence-corrected chi connectivity index (χ0v) is 39.2. The van der Waals surface area contributed by atoms with Crippen molar-refractivity contribution in [2.45, 2.75) is 37.5 Å². The van der Waals surface area contributed by atoms with E-state index < -0.39 is 43.5 Å². The molecule has 2 heterocycles. The Bertz CT molecular complexity index is 2820. The number of hydrogen-bond donors (Lipinski definition) is 2. The largest absolute Gasteiger partial charge is 0.455 e. The van der Waals surface area contributed by atoms with Crippen molar-refractivity contribution in [3.63, 3.8) is 0 Å². The zero-order valence-electron chi connectivity index (χ0n) is 37.5. The van der Waals surface area contributed by atoms with Crippen LogP contribution < -0.4 is 19.2 Å². The van der Waals surface area contributed by atoms with Crippen molar-refractivity contribution >= 4 is 65.2 Å². The van der Waals surface area contributed by atoms with Gasteiger partial charge in [0.05, 0.1) is 87.7 Å². The number of hydrogen-bond acceptors (Lipinski definition) is 11. The Hall–Kier alpha value is -5.86. The summed E-state index contributed by atoms with van der Waals surface area (Å²) < 4.78 is 113. The van der Waals surface area contributed by atoms with Crippen LogP contribution in [0.15, 0.2) is 81.6 Å². The minimum absolute atomic E-state index is 0.00218. The third kappa shape index (κ3) is 10.7. The number of carbonyl (C=O) groups excluding carboxylic acids is 2. The highest BCUT2D eigenvalue weighted by Gasteiger charge is 2.35. The normalized spacial score (nSPS) is 14.2. The van der Waals surface area contributed by atoms with Crippen molar-refractivity contribution in [3.8, 4) is 22.6 Å². The Morgan fingerprint density at radius 2 is 0.925 bits per heavy atom. The summed E-state index contributed by atoms with van der Waals surface area (Å²) in [5.41, 5.74) is 4.56. The van der Waals surface area contributed by atoms with E-state index in [2.05, 4.69) is 10.6 Å². The van der Waals surface area contributed by atoms with Crippen LogP contribution in [0, 0.1) is 11.6 Å². The summed E-state index contributed by atoms with van der Waals surface area (Å²) in [5.74, 6) is -0.990. The number of nitrogens with zero attached hydrogens (tertiary/aromatic N) is 2. The topological polar surface area (TPSA) is 187 Å². The molecule has 8 rings (SSSR count). The molecule has 4 aromatic carbocycles. The second-order valence-electron chi connectivity index (χ2n) is 16.7. The lowest BCUT2D eigenvalue weighted by Gasteiger charge is -2.25. The number of anilines is 2. The van der Waals surface area contributed by atoms with Gasteiger partial charge in [-0.05, 0) is 109 Å². The van der Waals surface area contributed by atoms with Gasteiger partial charge in [-0.25, -0.2) is 25.6 Å². The maximum Gasteiger partial charge on any atom is 0.255 e. The molecule has 0 bridgehead atoms. The summed E-state index contributed by atoms with van der Waals surface area (Å²) in [4.78, 5) is 26.3. The molecule has 2 amide bonds.